The van der Waals surface area contributed by atoms with Crippen LogP contribution in [0.1, 0.15) is 41.2 Å². The van der Waals surface area contributed by atoms with Crippen molar-refractivity contribution in [3.63, 3.8) is 0 Å². The van der Waals surface area contributed by atoms with Crippen molar-refractivity contribution < 1.29 is 32.7 Å². The smallest absolute Gasteiger partial charge is 0.0314 e. The van der Waals surface area contributed by atoms with Crippen molar-refractivity contribution in [3.05, 3.63) is 153 Å². The van der Waals surface area contributed by atoms with Crippen molar-refractivity contribution in [2.45, 2.75) is 27.2 Å². The van der Waals surface area contributed by atoms with Crippen molar-refractivity contribution in [2.75, 3.05) is 5.73 Å². The maximum absolute atomic E-state index is 5.45. The second-order valence-electron chi connectivity index (χ2n) is 7.09. The summed E-state index contributed by atoms with van der Waals surface area (Å²) in [5.41, 5.74) is 12.3. The van der Waals surface area contributed by atoms with E-state index in [0.29, 0.717) is 0 Å². The maximum atomic E-state index is 5.45. The van der Waals surface area contributed by atoms with Crippen molar-refractivity contribution in [1.82, 2.24) is 0 Å². The Morgan fingerprint density at radius 1 is 0.629 bits per heavy atom. The zero-order chi connectivity index (χ0) is 26.2. The third kappa shape index (κ3) is 22.7. The molecule has 0 unspecified atom stereocenters. The zero-order valence-electron chi connectivity index (χ0n) is 21.9. The summed E-state index contributed by atoms with van der Waals surface area (Å²) in [6.07, 6.45) is 9.94. The molecule has 0 bridgehead atoms. The molecule has 183 valence electrons. The van der Waals surface area contributed by atoms with E-state index in [0.717, 1.165) is 17.7 Å². The first kappa shape index (κ1) is 36.7. The molecule has 0 fully saturated rings. The summed E-state index contributed by atoms with van der Waals surface area (Å²) in [6.45, 7) is 27.1. The van der Waals surface area contributed by atoms with Crippen LogP contribution in [0.25, 0.3) is 18.2 Å². The van der Waals surface area contributed by atoms with E-state index in [4.69, 9.17) is 5.73 Å². The fourth-order valence-corrected chi connectivity index (χ4v) is 2.04. The molecule has 0 aromatic heterocycles. The number of hydrogen-bond donors (Lipinski definition) is 1. The van der Waals surface area contributed by atoms with Gasteiger partial charge < -0.3 is 5.73 Å². The van der Waals surface area contributed by atoms with E-state index in [-0.39, 0.29) is 32.7 Å². The predicted octanol–water partition coefficient (Wildman–Crippen LogP) is 9.77. The van der Waals surface area contributed by atoms with Crippen LogP contribution in [0.4, 0.5) is 5.69 Å². The van der Waals surface area contributed by atoms with E-state index in [1.807, 2.05) is 42.5 Å². The van der Waals surface area contributed by atoms with Gasteiger partial charge in [-0.15, -0.1) is 6.58 Å². The fourth-order valence-electron chi connectivity index (χ4n) is 2.04. The summed E-state index contributed by atoms with van der Waals surface area (Å²) >= 11 is 0. The average molecular weight is 542 g/mol. The van der Waals surface area contributed by atoms with Crippen LogP contribution in [0.5, 0.6) is 0 Å². The Balaban J connectivity index is -0.000000383. The molecule has 0 atom stereocenters. The average Bonchev–Trinajstić information content (AvgIpc) is 2.87. The molecule has 3 aromatic rings. The van der Waals surface area contributed by atoms with Gasteiger partial charge in [0.1, 0.15) is 0 Å². The van der Waals surface area contributed by atoms with E-state index in [1.54, 1.807) is 6.08 Å². The minimum atomic E-state index is 0. The summed E-state index contributed by atoms with van der Waals surface area (Å²) in [5, 5.41) is 0. The second-order valence-corrected chi connectivity index (χ2v) is 7.09. The van der Waals surface area contributed by atoms with Crippen LogP contribution in [0.2, 0.25) is 0 Å². The number of benzene rings is 3. The van der Waals surface area contributed by atoms with Crippen LogP contribution >= 0.6 is 0 Å². The number of nitrogen functional groups attached to an aromatic ring is 1. The van der Waals surface area contributed by atoms with E-state index in [2.05, 4.69) is 109 Å². The van der Waals surface area contributed by atoms with Gasteiger partial charge in [0.25, 0.3) is 0 Å². The van der Waals surface area contributed by atoms with Gasteiger partial charge in [-0.3, -0.25) is 0 Å². The Bertz CT molecular complexity index is 816. The number of hydrogen-bond acceptors (Lipinski definition) is 1. The minimum absolute atomic E-state index is 0. The first-order valence-corrected chi connectivity index (χ1v) is 11.2. The molecular formula is C33H42NY-. The molecule has 0 aliphatic carbocycles. The van der Waals surface area contributed by atoms with Crippen molar-refractivity contribution in [1.29, 1.82) is 0 Å². The third-order valence-corrected chi connectivity index (χ3v) is 4.09. The van der Waals surface area contributed by atoms with Crippen LogP contribution < -0.4 is 5.73 Å². The Labute approximate surface area is 240 Å². The molecule has 0 amide bonds. The Hall–Kier alpha value is -2.87. The van der Waals surface area contributed by atoms with Crippen molar-refractivity contribution >= 4 is 23.9 Å². The first-order chi connectivity index (χ1) is 16.3. The molecule has 0 saturated carbocycles. The summed E-state index contributed by atoms with van der Waals surface area (Å²) in [5.74, 6) is 0. The third-order valence-electron chi connectivity index (χ3n) is 4.09. The van der Waals surface area contributed by atoms with Gasteiger partial charge in [0, 0.05) is 38.4 Å². The molecule has 0 spiro atoms. The Morgan fingerprint density at radius 2 is 0.857 bits per heavy atom. The summed E-state index contributed by atoms with van der Waals surface area (Å²) in [7, 11) is 0. The van der Waals surface area contributed by atoms with Gasteiger partial charge in [0.05, 0.1) is 0 Å². The number of rotatable bonds is 4. The molecule has 35 heavy (non-hydrogen) atoms. The molecule has 1 radical (unpaired) electrons. The molecule has 0 heterocycles. The van der Waals surface area contributed by atoms with Gasteiger partial charge in [0.2, 0.25) is 0 Å². The summed E-state index contributed by atoms with van der Waals surface area (Å²) in [6, 6.07) is 24.1. The fraction of sp³-hybridized carbons (Fsp3) is 0.121. The van der Waals surface area contributed by atoms with Crippen LogP contribution in [0.3, 0.4) is 0 Å². The van der Waals surface area contributed by atoms with Crippen molar-refractivity contribution in [2.24, 2.45) is 0 Å². The molecule has 0 saturated heterocycles. The molecule has 2 heteroatoms. The summed E-state index contributed by atoms with van der Waals surface area (Å²) in [4.78, 5) is 0. The first-order valence-electron chi connectivity index (χ1n) is 11.2. The standard InChI is InChI=1S/2C9H10.C8H9N.C4H8.C3H5.Y/c2*1-3-9-6-4-8(2)5-7-9;1-2-7-3-5-8(9)6-4-7;1-3-4-2;1-3-2;/h2*3-7H,1H2,2H3;2-6H,1,9H2;3H,1,4H2,2H3;3H,1-2H2;/q;;;;-1;. The summed E-state index contributed by atoms with van der Waals surface area (Å²) < 4.78 is 0. The minimum Gasteiger partial charge on any atom is -0.399 e. The van der Waals surface area contributed by atoms with Crippen LogP contribution in [-0.4, -0.2) is 0 Å². The van der Waals surface area contributed by atoms with Crippen LogP contribution in [0, 0.1) is 20.8 Å². The molecule has 0 aliphatic heterocycles. The van der Waals surface area contributed by atoms with E-state index >= 15 is 0 Å². The Kier molecular flexibility index (Phi) is 27.0. The normalized spacial score (nSPS) is 7.97. The molecule has 2 N–H and O–H groups in total. The van der Waals surface area contributed by atoms with Gasteiger partial charge in [-0.25, -0.2) is 19.6 Å². The van der Waals surface area contributed by atoms with Crippen molar-refractivity contribution in [3.8, 4) is 0 Å². The topological polar surface area (TPSA) is 26.0 Å². The molecule has 3 rings (SSSR count). The second kappa shape index (κ2) is 25.8. The van der Waals surface area contributed by atoms with Gasteiger partial charge in [-0.2, -0.15) is 0 Å². The number of anilines is 1. The Morgan fingerprint density at radius 3 is 1.06 bits per heavy atom. The maximum Gasteiger partial charge on any atom is 0.0314 e. The predicted molar refractivity (Wildman–Crippen MR) is 160 cm³/mol. The number of aryl methyl sites for hydroxylation is 2. The van der Waals surface area contributed by atoms with Gasteiger partial charge in [-0.05, 0) is 49.1 Å². The molecule has 3 aromatic carbocycles. The SMILES string of the molecule is C=CCC.C=C[CH2-].C=Cc1ccc(C)cc1.C=Cc1ccc(C)cc1.C=Cc1ccc(N)cc1.[Y]. The molecule has 0 aliphatic rings. The van der Waals surface area contributed by atoms with E-state index < -0.39 is 0 Å². The van der Waals surface area contributed by atoms with Gasteiger partial charge in [0.15, 0.2) is 0 Å². The quantitative estimate of drug-likeness (QED) is 0.199. The number of allylic oxidation sites excluding steroid dienone is 2. The monoisotopic (exact) mass is 541 g/mol. The van der Waals surface area contributed by atoms with Crippen LogP contribution in [-0.2, 0) is 32.7 Å². The molecular weight excluding hydrogens is 499 g/mol. The largest absolute Gasteiger partial charge is 0.399 e. The molecule has 1 nitrogen and oxygen atoms in total. The number of nitrogens with two attached hydrogens (primary N) is 1. The van der Waals surface area contributed by atoms with E-state index in [1.165, 1.54) is 28.3 Å². The van der Waals surface area contributed by atoms with Crippen LogP contribution in [0.15, 0.2) is 118 Å². The van der Waals surface area contributed by atoms with Gasteiger partial charge in [-0.1, -0.05) is 123 Å². The van der Waals surface area contributed by atoms with E-state index in [9.17, 15) is 0 Å². The van der Waals surface area contributed by atoms with Gasteiger partial charge >= 0.3 is 0 Å². The zero-order valence-corrected chi connectivity index (χ0v) is 24.8.